The van der Waals surface area contributed by atoms with Gasteiger partial charge in [-0.2, -0.15) is 13.2 Å². The summed E-state index contributed by atoms with van der Waals surface area (Å²) in [5.41, 5.74) is 5.59. The molecule has 1 fully saturated rings. The molecule has 0 saturated carbocycles. The zero-order chi connectivity index (χ0) is 39.7. The van der Waals surface area contributed by atoms with E-state index in [1.54, 1.807) is 24.0 Å². The number of piperazine rings is 1. The number of nitrogens with zero attached hydrogens (tertiary/aromatic N) is 3. The zero-order valence-electron chi connectivity index (χ0n) is 29.7. The molecule has 0 bridgehead atoms. The molecule has 2 heterocycles. The number of rotatable bonds is 15. The summed E-state index contributed by atoms with van der Waals surface area (Å²) in [5, 5.41) is 14.6. The standard InChI is InChI=1S/C36H42F4N6O8/c1-3-46-27-17-28(26(37)16-25(27)31(48)18-29(46)33(50)51)44-11-13-45(14-12-44)35(53)54-20-22-6-8-24(9-7-22)43-32(49)23(5-4-10-42-34(41)52)15-30(47)21(2)19-36(38,39)40/h6-9,16-18,21,23H,3-5,10-15,19-20H2,1-2H3,(H,43,49)(H,50,51)(H3,41,42,52)/t21-,23+/m0/s1. The van der Waals surface area contributed by atoms with Crippen LogP contribution in [0.5, 0.6) is 0 Å². The van der Waals surface area contributed by atoms with Crippen LogP contribution in [-0.4, -0.2) is 83.3 Å². The number of primary amides is 1. The predicted octanol–water partition coefficient (Wildman–Crippen LogP) is 4.87. The van der Waals surface area contributed by atoms with Gasteiger partial charge in [0.15, 0.2) is 5.43 Å². The van der Waals surface area contributed by atoms with Gasteiger partial charge < -0.3 is 40.6 Å². The summed E-state index contributed by atoms with van der Waals surface area (Å²) in [6.07, 6.45) is -6.53. The number of carbonyl (C=O) groups excluding carboxylic acids is 4. The van der Waals surface area contributed by atoms with Gasteiger partial charge in [-0.05, 0) is 49.6 Å². The van der Waals surface area contributed by atoms with Crippen LogP contribution < -0.4 is 26.7 Å². The maximum Gasteiger partial charge on any atom is 0.410 e. The number of benzene rings is 2. The van der Waals surface area contributed by atoms with Crippen molar-refractivity contribution >= 4 is 52.1 Å². The molecular weight excluding hydrogens is 720 g/mol. The van der Waals surface area contributed by atoms with E-state index in [1.165, 1.54) is 27.7 Å². The van der Waals surface area contributed by atoms with Gasteiger partial charge in [-0.3, -0.25) is 14.4 Å². The molecule has 1 aromatic heterocycles. The molecule has 1 saturated heterocycles. The minimum atomic E-state index is -4.54. The molecule has 54 heavy (non-hydrogen) atoms. The Balaban J connectivity index is 1.32. The summed E-state index contributed by atoms with van der Waals surface area (Å²) in [6, 6.07) is 9.00. The Morgan fingerprint density at radius 3 is 2.28 bits per heavy atom. The molecule has 2 aromatic carbocycles. The highest BCUT2D eigenvalue weighted by Crippen LogP contribution is 2.29. The van der Waals surface area contributed by atoms with Crippen molar-refractivity contribution in [2.24, 2.45) is 17.6 Å². The van der Waals surface area contributed by atoms with Crippen molar-refractivity contribution in [2.75, 3.05) is 42.9 Å². The zero-order valence-corrected chi connectivity index (χ0v) is 29.7. The largest absolute Gasteiger partial charge is 0.477 e. The van der Waals surface area contributed by atoms with E-state index in [9.17, 15) is 47.0 Å². The van der Waals surface area contributed by atoms with Gasteiger partial charge in [0.1, 0.15) is 23.9 Å². The van der Waals surface area contributed by atoms with E-state index in [-0.39, 0.29) is 81.0 Å². The number of ketones is 1. The Morgan fingerprint density at radius 1 is 1.02 bits per heavy atom. The number of carboxylic acids is 1. The fraction of sp³-hybridized carbons (Fsp3) is 0.444. The maximum atomic E-state index is 15.2. The average Bonchev–Trinajstić information content (AvgIpc) is 3.11. The Bertz CT molecular complexity index is 1930. The van der Waals surface area contributed by atoms with Gasteiger partial charge in [0.25, 0.3) is 0 Å². The number of Topliss-reactive ketones (excluding diaryl/α,β-unsaturated/α-hetero) is 1. The quantitative estimate of drug-likeness (QED) is 0.124. The van der Waals surface area contributed by atoms with Crippen LogP contribution in [0.4, 0.5) is 38.5 Å². The number of anilines is 2. The van der Waals surface area contributed by atoms with E-state index in [4.69, 9.17) is 10.5 Å². The molecule has 0 spiro atoms. The number of carbonyl (C=O) groups is 5. The second-order valence-electron chi connectivity index (χ2n) is 13.0. The number of alkyl halides is 3. The number of carboxylic acid groups (broad SMARTS) is 1. The third kappa shape index (κ3) is 10.9. The highest BCUT2D eigenvalue weighted by atomic mass is 19.4. The van der Waals surface area contributed by atoms with Crippen LogP contribution in [0.3, 0.4) is 0 Å². The van der Waals surface area contributed by atoms with Crippen molar-refractivity contribution < 1.29 is 51.4 Å². The number of halogens is 4. The summed E-state index contributed by atoms with van der Waals surface area (Å²) in [6.45, 7) is 3.94. The molecule has 2 atom stereocenters. The van der Waals surface area contributed by atoms with Crippen LogP contribution >= 0.6 is 0 Å². The van der Waals surface area contributed by atoms with Gasteiger partial charge in [0.05, 0.1) is 17.6 Å². The molecule has 18 heteroatoms. The number of ether oxygens (including phenoxy) is 1. The predicted molar refractivity (Wildman–Crippen MR) is 190 cm³/mol. The van der Waals surface area contributed by atoms with Gasteiger partial charge in [-0.15, -0.1) is 0 Å². The summed E-state index contributed by atoms with van der Waals surface area (Å²) in [7, 11) is 0. The van der Waals surface area contributed by atoms with Crippen LogP contribution in [0, 0.1) is 17.7 Å². The fourth-order valence-electron chi connectivity index (χ4n) is 6.23. The van der Waals surface area contributed by atoms with Crippen LogP contribution in [0.25, 0.3) is 10.9 Å². The summed E-state index contributed by atoms with van der Waals surface area (Å²) in [5.74, 6) is -5.54. The number of aromatic nitrogens is 1. The topological polar surface area (TPSA) is 193 Å². The third-order valence-corrected chi connectivity index (χ3v) is 9.11. The van der Waals surface area contributed by atoms with E-state index < -0.39 is 71.9 Å². The van der Waals surface area contributed by atoms with Crippen molar-refractivity contribution in [2.45, 2.75) is 58.9 Å². The number of amides is 4. The van der Waals surface area contributed by atoms with Crippen LogP contribution in [0.2, 0.25) is 0 Å². The molecule has 0 radical (unpaired) electrons. The Kier molecular flexibility index (Phi) is 13.6. The van der Waals surface area contributed by atoms with E-state index in [2.05, 4.69) is 10.6 Å². The number of fused-ring (bicyclic) bond motifs is 1. The van der Waals surface area contributed by atoms with Crippen LogP contribution in [-0.2, 0) is 27.5 Å². The molecule has 292 valence electrons. The monoisotopic (exact) mass is 762 g/mol. The van der Waals surface area contributed by atoms with Gasteiger partial charge in [-0.1, -0.05) is 19.1 Å². The fourth-order valence-corrected chi connectivity index (χ4v) is 6.23. The molecule has 1 aliphatic heterocycles. The first kappa shape index (κ1) is 41.1. The summed E-state index contributed by atoms with van der Waals surface area (Å²) >= 11 is 0. The lowest BCUT2D eigenvalue weighted by molar-refractivity contribution is -0.152. The molecule has 5 N–H and O–H groups in total. The molecule has 4 amide bonds. The molecular formula is C36H42F4N6O8. The van der Waals surface area contributed by atoms with E-state index in [0.29, 0.717) is 11.3 Å². The van der Waals surface area contributed by atoms with E-state index >= 15 is 4.39 Å². The highest BCUT2D eigenvalue weighted by molar-refractivity contribution is 5.96. The smallest absolute Gasteiger partial charge is 0.410 e. The first-order valence-corrected chi connectivity index (χ1v) is 17.3. The number of hydrogen-bond acceptors (Lipinski definition) is 8. The van der Waals surface area contributed by atoms with Crippen molar-refractivity contribution in [1.29, 1.82) is 0 Å². The van der Waals surface area contributed by atoms with Crippen LogP contribution in [0.1, 0.15) is 55.6 Å². The molecule has 0 aliphatic carbocycles. The van der Waals surface area contributed by atoms with Crippen molar-refractivity contribution in [1.82, 2.24) is 14.8 Å². The van der Waals surface area contributed by atoms with Gasteiger partial charge >= 0.3 is 24.3 Å². The number of nitrogens with two attached hydrogens (primary N) is 1. The summed E-state index contributed by atoms with van der Waals surface area (Å²) < 4.78 is 60.6. The molecule has 0 unspecified atom stereocenters. The Labute approximate surface area is 307 Å². The van der Waals surface area contributed by atoms with E-state index in [0.717, 1.165) is 19.1 Å². The highest BCUT2D eigenvalue weighted by Gasteiger charge is 2.34. The minimum Gasteiger partial charge on any atom is -0.477 e. The first-order chi connectivity index (χ1) is 25.5. The number of nitrogens with one attached hydrogen (secondary N) is 2. The van der Waals surface area contributed by atoms with Crippen molar-refractivity contribution in [3.63, 3.8) is 0 Å². The molecule has 4 rings (SSSR count). The molecule has 1 aliphatic rings. The molecule has 14 nitrogen and oxygen atoms in total. The Hall–Kier alpha value is -5.68. The number of urea groups is 1. The van der Waals surface area contributed by atoms with Crippen molar-refractivity contribution in [3.8, 4) is 0 Å². The Morgan fingerprint density at radius 2 is 1.69 bits per heavy atom. The number of pyridine rings is 1. The normalized spacial score (nSPS) is 14.3. The lowest BCUT2D eigenvalue weighted by atomic mass is 9.89. The SMILES string of the molecule is CCn1c(C(=O)O)cc(=O)c2cc(F)c(N3CCN(C(=O)OCc4ccc(NC(=O)[C@H](CCCNC(N)=O)CC(=O)[C@@H](C)CC(F)(F)F)cc4)CC3)cc21. The number of aromatic carboxylic acids is 1. The second kappa shape index (κ2) is 17.9. The van der Waals surface area contributed by atoms with Gasteiger partial charge in [-0.25, -0.2) is 18.8 Å². The number of aryl methyl sites for hydroxylation is 1. The van der Waals surface area contributed by atoms with Gasteiger partial charge in [0.2, 0.25) is 5.91 Å². The van der Waals surface area contributed by atoms with E-state index in [1.807, 2.05) is 0 Å². The number of hydrogen-bond donors (Lipinski definition) is 4. The second-order valence-corrected chi connectivity index (χ2v) is 13.0. The van der Waals surface area contributed by atoms with Crippen molar-refractivity contribution in [3.05, 3.63) is 69.8 Å². The molecule has 3 aromatic rings. The third-order valence-electron chi connectivity index (χ3n) is 9.11. The van der Waals surface area contributed by atoms with Gasteiger partial charge in [0, 0.05) is 74.7 Å². The van der Waals surface area contributed by atoms with Crippen LogP contribution in [0.15, 0.2) is 47.3 Å². The minimum absolute atomic E-state index is 0.0564. The summed E-state index contributed by atoms with van der Waals surface area (Å²) in [4.78, 5) is 76.9. The first-order valence-electron chi connectivity index (χ1n) is 17.3. The average molecular weight is 763 g/mol. The lowest BCUT2D eigenvalue weighted by Gasteiger charge is -2.35. The lowest BCUT2D eigenvalue weighted by Crippen LogP contribution is -2.49. The maximum absolute atomic E-state index is 15.2.